The van der Waals surface area contributed by atoms with Crippen LogP contribution in [-0.4, -0.2) is 36.3 Å². The Balaban J connectivity index is 1.81. The minimum Gasteiger partial charge on any atom is -0.366 e. The first kappa shape index (κ1) is 22.0. The van der Waals surface area contributed by atoms with Crippen LogP contribution in [0.15, 0.2) is 24.3 Å². The number of nitrogens with two attached hydrogens (primary N) is 1. The topological polar surface area (TPSA) is 60.2 Å². The first-order valence-corrected chi connectivity index (χ1v) is 11.2. The number of benzene rings is 1. The Labute approximate surface area is 182 Å². The molecule has 1 unspecified atom stereocenters. The number of ketones is 1. The number of hydrogen-bond acceptors (Lipinski definition) is 3. The molecule has 0 radical (unpaired) electrons. The van der Waals surface area contributed by atoms with Gasteiger partial charge < -0.3 is 10.2 Å². The van der Waals surface area contributed by atoms with Crippen molar-refractivity contribution in [2.75, 3.05) is 20.1 Å². The number of nitrogens with zero attached hydrogens (tertiary/aromatic N) is 1. The van der Waals surface area contributed by atoms with Crippen molar-refractivity contribution < 1.29 is 14.1 Å². The molecule has 1 aromatic carbocycles. The van der Waals surface area contributed by atoms with Gasteiger partial charge in [0.05, 0.1) is 30.6 Å². The lowest BCUT2D eigenvalue weighted by Gasteiger charge is -2.41. The van der Waals surface area contributed by atoms with Gasteiger partial charge in [-0.2, -0.15) is 0 Å². The first-order valence-electron chi connectivity index (χ1n) is 9.99. The Bertz CT molecular complexity index is 928. The van der Waals surface area contributed by atoms with E-state index in [2.05, 4.69) is 27.8 Å². The fourth-order valence-corrected chi connectivity index (χ4v) is 6.22. The molecule has 29 heavy (non-hydrogen) atoms. The molecule has 4 nitrogen and oxygen atoms in total. The van der Waals surface area contributed by atoms with Crippen molar-refractivity contribution in [2.24, 2.45) is 11.1 Å². The zero-order chi connectivity index (χ0) is 21.4. The predicted octanol–water partition coefficient (Wildman–Crippen LogP) is 4.40. The summed E-state index contributed by atoms with van der Waals surface area (Å²) in [6.07, 6.45) is 1.42. The monoisotopic (exact) mass is 433 g/mol. The maximum atomic E-state index is 12.7. The number of amides is 1. The molecule has 1 aliphatic heterocycles. The lowest BCUT2D eigenvalue weighted by atomic mass is 9.92. The molecule has 1 amide bonds. The number of rotatable bonds is 6. The van der Waals surface area contributed by atoms with Gasteiger partial charge in [-0.15, -0.1) is 11.3 Å². The van der Waals surface area contributed by atoms with Crippen molar-refractivity contribution in [1.29, 1.82) is 0 Å². The summed E-state index contributed by atoms with van der Waals surface area (Å²) in [5, 5.41) is 0.652. The van der Waals surface area contributed by atoms with Gasteiger partial charge in [0.15, 0.2) is 0 Å². The maximum Gasteiger partial charge on any atom is 0.250 e. The van der Waals surface area contributed by atoms with Crippen LogP contribution in [0.1, 0.15) is 52.0 Å². The van der Waals surface area contributed by atoms with Crippen LogP contribution in [0.5, 0.6) is 0 Å². The van der Waals surface area contributed by atoms with Gasteiger partial charge in [0.1, 0.15) is 12.3 Å². The van der Waals surface area contributed by atoms with Crippen molar-refractivity contribution in [3.8, 4) is 0 Å². The third-order valence-electron chi connectivity index (χ3n) is 5.37. The van der Waals surface area contributed by atoms with Gasteiger partial charge in [0, 0.05) is 34.6 Å². The largest absolute Gasteiger partial charge is 0.366 e. The van der Waals surface area contributed by atoms with Crippen LogP contribution in [0.3, 0.4) is 0 Å². The predicted molar refractivity (Wildman–Crippen MR) is 119 cm³/mol. The number of quaternary nitrogens is 1. The first-order chi connectivity index (χ1) is 13.5. The normalized spacial score (nSPS) is 19.1. The molecule has 0 aliphatic carbocycles. The molecule has 2 heterocycles. The number of carbonyl (C=O) groups is 2. The number of fused-ring (bicyclic) bond motifs is 1. The van der Waals surface area contributed by atoms with E-state index in [1.54, 1.807) is 23.5 Å². The molecule has 3 rings (SSSR count). The molecular formula is C23H30ClN2O2S+. The Morgan fingerprint density at radius 2 is 1.83 bits per heavy atom. The smallest absolute Gasteiger partial charge is 0.250 e. The van der Waals surface area contributed by atoms with E-state index in [1.807, 2.05) is 12.1 Å². The number of thiophene rings is 1. The fourth-order valence-electron chi connectivity index (χ4n) is 4.53. The van der Waals surface area contributed by atoms with Crippen molar-refractivity contribution in [1.82, 2.24) is 0 Å². The van der Waals surface area contributed by atoms with Crippen molar-refractivity contribution in [2.45, 2.75) is 46.6 Å². The SMILES string of the molecule is CC(C)(C)C[N+]1(C)CCc2c(sc(CC(=O)Cc3ccc(Cl)cc3)c2C(N)=O)C1. The summed E-state index contributed by atoms with van der Waals surface area (Å²) in [7, 11) is 2.28. The van der Waals surface area contributed by atoms with Gasteiger partial charge >= 0.3 is 0 Å². The fraction of sp³-hybridized carbons (Fsp3) is 0.478. The van der Waals surface area contributed by atoms with E-state index in [9.17, 15) is 9.59 Å². The Morgan fingerprint density at radius 1 is 1.17 bits per heavy atom. The van der Waals surface area contributed by atoms with Crippen molar-refractivity contribution >= 4 is 34.6 Å². The second-order valence-electron chi connectivity index (χ2n) is 9.65. The average Bonchev–Trinajstić information content (AvgIpc) is 2.91. The standard InChI is InChI=1S/C23H29ClN2O2S/c1-23(2,3)14-26(4)10-9-18-20(13-26)29-19(21(18)22(25)28)12-17(27)11-15-5-7-16(24)8-6-15/h5-8H,9-14H2,1-4H3,(H-,25,28)/p+1. The van der Waals surface area contributed by atoms with Gasteiger partial charge in [0.2, 0.25) is 5.91 Å². The van der Waals surface area contributed by atoms with Crippen molar-refractivity contribution in [3.63, 3.8) is 0 Å². The second kappa shape index (κ2) is 8.21. The zero-order valence-electron chi connectivity index (χ0n) is 17.7. The quantitative estimate of drug-likeness (QED) is 0.686. The molecular weight excluding hydrogens is 404 g/mol. The second-order valence-corrected chi connectivity index (χ2v) is 11.3. The highest BCUT2D eigenvalue weighted by molar-refractivity contribution is 7.12. The van der Waals surface area contributed by atoms with Gasteiger partial charge in [-0.1, -0.05) is 44.5 Å². The summed E-state index contributed by atoms with van der Waals surface area (Å²) in [5.41, 5.74) is 8.55. The van der Waals surface area contributed by atoms with E-state index in [-0.39, 0.29) is 17.6 Å². The zero-order valence-corrected chi connectivity index (χ0v) is 19.3. The molecule has 0 saturated carbocycles. The summed E-state index contributed by atoms with van der Waals surface area (Å²) in [5.74, 6) is -0.330. The molecule has 0 spiro atoms. The molecule has 0 fully saturated rings. The lowest BCUT2D eigenvalue weighted by molar-refractivity contribution is -0.929. The van der Waals surface area contributed by atoms with E-state index < -0.39 is 5.91 Å². The summed E-state index contributed by atoms with van der Waals surface area (Å²) in [6, 6.07) is 7.31. The molecule has 6 heteroatoms. The summed E-state index contributed by atoms with van der Waals surface area (Å²) < 4.78 is 0.952. The number of halogens is 1. The van der Waals surface area contributed by atoms with Crippen LogP contribution >= 0.6 is 22.9 Å². The van der Waals surface area contributed by atoms with E-state index in [0.29, 0.717) is 17.0 Å². The minimum atomic E-state index is -0.413. The summed E-state index contributed by atoms with van der Waals surface area (Å²) in [6.45, 7) is 9.73. The third kappa shape index (κ3) is 5.47. The third-order valence-corrected chi connectivity index (χ3v) is 6.83. The highest BCUT2D eigenvalue weighted by atomic mass is 35.5. The molecule has 2 aromatic rings. The van der Waals surface area contributed by atoms with Gasteiger partial charge in [-0.3, -0.25) is 9.59 Å². The van der Waals surface area contributed by atoms with Gasteiger partial charge in [0.25, 0.3) is 0 Å². The Hall–Kier alpha value is -1.69. The molecule has 1 atom stereocenters. The van der Waals surface area contributed by atoms with Crippen LogP contribution < -0.4 is 5.73 Å². The van der Waals surface area contributed by atoms with Crippen LogP contribution in [0.25, 0.3) is 0 Å². The van der Waals surface area contributed by atoms with Crippen molar-refractivity contribution in [3.05, 3.63) is 55.7 Å². The van der Waals surface area contributed by atoms with Gasteiger partial charge in [-0.25, -0.2) is 0 Å². The highest BCUT2D eigenvalue weighted by Gasteiger charge is 2.36. The lowest BCUT2D eigenvalue weighted by Crippen LogP contribution is -2.51. The molecule has 0 saturated heterocycles. The molecule has 156 valence electrons. The summed E-state index contributed by atoms with van der Waals surface area (Å²) >= 11 is 7.52. The Kier molecular flexibility index (Phi) is 6.23. The number of Topliss-reactive ketones (excluding diaryl/α,β-unsaturated/α-hetero) is 1. The van der Waals surface area contributed by atoms with E-state index in [1.165, 1.54) is 4.88 Å². The van der Waals surface area contributed by atoms with Crippen LogP contribution in [0.4, 0.5) is 0 Å². The van der Waals surface area contributed by atoms with Gasteiger partial charge in [-0.05, 0) is 23.3 Å². The van der Waals surface area contributed by atoms with E-state index >= 15 is 0 Å². The maximum absolute atomic E-state index is 12.7. The van der Waals surface area contributed by atoms with Crippen LogP contribution in [-0.2, 0) is 30.6 Å². The van der Waals surface area contributed by atoms with Crippen LogP contribution in [0, 0.1) is 5.41 Å². The molecule has 0 bridgehead atoms. The van der Waals surface area contributed by atoms with E-state index in [4.69, 9.17) is 17.3 Å². The highest BCUT2D eigenvalue weighted by Crippen LogP contribution is 2.37. The number of hydrogen-bond donors (Lipinski definition) is 1. The molecule has 1 aromatic heterocycles. The van der Waals surface area contributed by atoms with Crippen LogP contribution in [0.2, 0.25) is 5.02 Å². The number of likely N-dealkylation sites (N-methyl/N-ethyl adjacent to an activating group) is 1. The molecule has 2 N–H and O–H groups in total. The molecule has 1 aliphatic rings. The Morgan fingerprint density at radius 3 is 2.41 bits per heavy atom. The minimum absolute atomic E-state index is 0.0837. The number of primary amides is 1. The summed E-state index contributed by atoms with van der Waals surface area (Å²) in [4.78, 5) is 26.9. The number of carbonyl (C=O) groups excluding carboxylic acids is 2. The van der Waals surface area contributed by atoms with E-state index in [0.717, 1.165) is 46.5 Å². The average molecular weight is 434 g/mol.